The number of likely N-dealkylation sites (N-methyl/N-ethyl adjacent to an activating group) is 1. The topological polar surface area (TPSA) is 84.5 Å². The Morgan fingerprint density at radius 2 is 2.21 bits per heavy atom. The first-order chi connectivity index (χ1) is 9.11. The second kappa shape index (κ2) is 5.81. The molecule has 1 aromatic carbocycles. The highest BCUT2D eigenvalue weighted by molar-refractivity contribution is 5.91. The van der Waals surface area contributed by atoms with E-state index in [9.17, 15) is 5.11 Å². The molecule has 1 heterocycles. The van der Waals surface area contributed by atoms with E-state index in [1.54, 1.807) is 13.2 Å². The quantitative estimate of drug-likeness (QED) is 0.770. The lowest BCUT2D eigenvalue weighted by Gasteiger charge is -2.22. The molecule has 2 aromatic rings. The first-order valence-electron chi connectivity index (χ1n) is 6.00. The van der Waals surface area contributed by atoms with E-state index in [0.717, 1.165) is 16.7 Å². The summed E-state index contributed by atoms with van der Waals surface area (Å²) in [6, 6.07) is 5.51. The number of fused-ring (bicyclic) bond motifs is 1. The van der Waals surface area contributed by atoms with E-state index in [1.165, 1.54) is 6.33 Å². The minimum absolute atomic E-state index is 0.292. The van der Waals surface area contributed by atoms with Gasteiger partial charge in [0.1, 0.15) is 12.1 Å². The Morgan fingerprint density at radius 1 is 1.42 bits per heavy atom. The lowest BCUT2D eigenvalue weighted by Crippen LogP contribution is -2.32. The number of anilines is 2. The summed E-state index contributed by atoms with van der Waals surface area (Å²) in [6.45, 7) is 0.727. The molecule has 0 aliphatic rings. The fraction of sp³-hybridized carbons (Fsp3) is 0.385. The molecule has 0 aliphatic carbocycles. The zero-order valence-electron chi connectivity index (χ0n) is 11.1. The van der Waals surface area contributed by atoms with Crippen molar-refractivity contribution in [1.29, 1.82) is 0 Å². The van der Waals surface area contributed by atoms with E-state index in [1.807, 2.05) is 24.1 Å². The van der Waals surface area contributed by atoms with Crippen LogP contribution < -0.4 is 10.6 Å². The van der Waals surface area contributed by atoms with Crippen molar-refractivity contribution < 1.29 is 9.84 Å². The average Bonchev–Trinajstić information content (AvgIpc) is 2.37. The number of aliphatic hydroxyl groups is 1. The normalized spacial score (nSPS) is 12.6. The molecule has 0 amide bonds. The monoisotopic (exact) mass is 262 g/mol. The number of aromatic nitrogens is 2. The van der Waals surface area contributed by atoms with E-state index >= 15 is 0 Å². The van der Waals surface area contributed by atoms with Crippen molar-refractivity contribution in [3.63, 3.8) is 0 Å². The summed E-state index contributed by atoms with van der Waals surface area (Å²) in [4.78, 5) is 10.3. The largest absolute Gasteiger partial charge is 0.399 e. The van der Waals surface area contributed by atoms with Crippen molar-refractivity contribution in [2.45, 2.75) is 6.10 Å². The second-order valence-corrected chi connectivity index (χ2v) is 4.46. The molecule has 1 atom stereocenters. The number of hydrogen-bond acceptors (Lipinski definition) is 6. The first-order valence-corrected chi connectivity index (χ1v) is 6.00. The first kappa shape index (κ1) is 13.5. The third kappa shape index (κ3) is 3.10. The van der Waals surface area contributed by atoms with Crippen LogP contribution in [0, 0.1) is 0 Å². The Morgan fingerprint density at radius 3 is 2.95 bits per heavy atom. The average molecular weight is 262 g/mol. The van der Waals surface area contributed by atoms with Crippen LogP contribution >= 0.6 is 0 Å². The summed E-state index contributed by atoms with van der Waals surface area (Å²) < 4.78 is 4.92. The minimum atomic E-state index is -0.561. The van der Waals surface area contributed by atoms with Crippen molar-refractivity contribution in [1.82, 2.24) is 9.97 Å². The molecule has 0 fully saturated rings. The zero-order valence-corrected chi connectivity index (χ0v) is 11.1. The van der Waals surface area contributed by atoms with Crippen LogP contribution in [-0.4, -0.2) is 48.5 Å². The number of nitrogens with two attached hydrogens (primary N) is 1. The van der Waals surface area contributed by atoms with Crippen LogP contribution in [0.3, 0.4) is 0 Å². The van der Waals surface area contributed by atoms with Crippen LogP contribution in [0.2, 0.25) is 0 Å². The molecule has 0 spiro atoms. The molecule has 102 valence electrons. The second-order valence-electron chi connectivity index (χ2n) is 4.46. The molecular weight excluding hydrogens is 244 g/mol. The fourth-order valence-electron chi connectivity index (χ4n) is 2.01. The van der Waals surface area contributed by atoms with Crippen LogP contribution in [0.4, 0.5) is 11.5 Å². The number of aliphatic hydroxyl groups excluding tert-OH is 1. The van der Waals surface area contributed by atoms with Gasteiger partial charge in [0.25, 0.3) is 0 Å². The minimum Gasteiger partial charge on any atom is -0.399 e. The summed E-state index contributed by atoms with van der Waals surface area (Å²) in [5, 5.41) is 10.7. The number of rotatable bonds is 5. The summed E-state index contributed by atoms with van der Waals surface area (Å²) in [7, 11) is 3.43. The van der Waals surface area contributed by atoms with Crippen LogP contribution in [-0.2, 0) is 4.74 Å². The van der Waals surface area contributed by atoms with E-state index < -0.39 is 6.10 Å². The zero-order chi connectivity index (χ0) is 13.8. The molecule has 1 aromatic heterocycles. The van der Waals surface area contributed by atoms with Crippen LogP contribution in [0.5, 0.6) is 0 Å². The van der Waals surface area contributed by atoms with Gasteiger partial charge in [0.15, 0.2) is 0 Å². The number of hydrogen-bond donors (Lipinski definition) is 2. The maximum absolute atomic E-state index is 9.77. The highest BCUT2D eigenvalue weighted by atomic mass is 16.5. The number of nitrogens with zero attached hydrogens (tertiary/aromatic N) is 3. The van der Waals surface area contributed by atoms with Crippen molar-refractivity contribution in [2.24, 2.45) is 0 Å². The summed E-state index contributed by atoms with van der Waals surface area (Å²) >= 11 is 0. The molecule has 0 radical (unpaired) electrons. The molecule has 19 heavy (non-hydrogen) atoms. The SMILES string of the molecule is COCC(O)CN(C)c1ncnc2cc(N)ccc12. The van der Waals surface area contributed by atoms with Crippen molar-refractivity contribution in [3.8, 4) is 0 Å². The van der Waals surface area contributed by atoms with Gasteiger partial charge >= 0.3 is 0 Å². The molecule has 3 N–H and O–H groups in total. The molecule has 6 heteroatoms. The van der Waals surface area contributed by atoms with E-state index in [0.29, 0.717) is 18.8 Å². The molecule has 6 nitrogen and oxygen atoms in total. The van der Waals surface area contributed by atoms with E-state index in [4.69, 9.17) is 10.5 Å². The van der Waals surface area contributed by atoms with E-state index in [-0.39, 0.29) is 0 Å². The molecule has 0 saturated carbocycles. The summed E-state index contributed by atoms with van der Waals surface area (Å²) in [5.74, 6) is 0.764. The Balaban J connectivity index is 2.29. The lowest BCUT2D eigenvalue weighted by molar-refractivity contribution is 0.0694. The molecule has 0 bridgehead atoms. The molecule has 2 rings (SSSR count). The van der Waals surface area contributed by atoms with Crippen LogP contribution in [0.25, 0.3) is 10.9 Å². The van der Waals surface area contributed by atoms with Crippen LogP contribution in [0.1, 0.15) is 0 Å². The van der Waals surface area contributed by atoms with Gasteiger partial charge < -0.3 is 20.5 Å². The van der Waals surface area contributed by atoms with Gasteiger partial charge in [-0.05, 0) is 18.2 Å². The number of methoxy groups -OCH3 is 1. The predicted molar refractivity (Wildman–Crippen MR) is 75.1 cm³/mol. The summed E-state index contributed by atoms with van der Waals surface area (Å²) in [5.41, 5.74) is 7.20. The van der Waals surface area contributed by atoms with Gasteiger partial charge in [-0.3, -0.25) is 0 Å². The van der Waals surface area contributed by atoms with Gasteiger partial charge in [-0.15, -0.1) is 0 Å². The standard InChI is InChI=1S/C13H18N4O2/c1-17(6-10(18)7-19-2)13-11-4-3-9(14)5-12(11)15-8-16-13/h3-5,8,10,18H,6-7,14H2,1-2H3. The number of nitrogen functional groups attached to an aromatic ring is 1. The third-order valence-electron chi connectivity index (χ3n) is 2.84. The molecule has 1 unspecified atom stereocenters. The van der Waals surface area contributed by atoms with Crippen molar-refractivity contribution >= 4 is 22.4 Å². The Bertz CT molecular complexity index is 561. The third-order valence-corrected chi connectivity index (χ3v) is 2.84. The maximum Gasteiger partial charge on any atom is 0.139 e. The Kier molecular flexibility index (Phi) is 4.13. The highest BCUT2D eigenvalue weighted by Crippen LogP contribution is 2.23. The lowest BCUT2D eigenvalue weighted by atomic mass is 10.2. The van der Waals surface area contributed by atoms with Gasteiger partial charge in [0.05, 0.1) is 18.2 Å². The smallest absolute Gasteiger partial charge is 0.139 e. The molecular formula is C13H18N4O2. The number of benzene rings is 1. The maximum atomic E-state index is 9.77. The molecule has 0 saturated heterocycles. The van der Waals surface area contributed by atoms with Gasteiger partial charge in [-0.25, -0.2) is 9.97 Å². The Labute approximate surface area is 111 Å². The van der Waals surface area contributed by atoms with Gasteiger partial charge in [0, 0.05) is 31.8 Å². The van der Waals surface area contributed by atoms with Gasteiger partial charge in [-0.1, -0.05) is 0 Å². The fourth-order valence-corrected chi connectivity index (χ4v) is 2.01. The van der Waals surface area contributed by atoms with Gasteiger partial charge in [-0.2, -0.15) is 0 Å². The Hall–Kier alpha value is -1.92. The molecule has 0 aliphatic heterocycles. The van der Waals surface area contributed by atoms with Gasteiger partial charge in [0.2, 0.25) is 0 Å². The van der Waals surface area contributed by atoms with Crippen molar-refractivity contribution in [2.75, 3.05) is 37.9 Å². The predicted octanol–water partition coefficient (Wildman–Crippen LogP) is 0.655. The van der Waals surface area contributed by atoms with Crippen LogP contribution in [0.15, 0.2) is 24.5 Å². The number of ether oxygens (including phenoxy) is 1. The summed E-state index contributed by atoms with van der Waals surface area (Å²) in [6.07, 6.45) is 0.935. The van der Waals surface area contributed by atoms with E-state index in [2.05, 4.69) is 9.97 Å². The van der Waals surface area contributed by atoms with Crippen molar-refractivity contribution in [3.05, 3.63) is 24.5 Å². The highest BCUT2D eigenvalue weighted by Gasteiger charge is 2.12.